The summed E-state index contributed by atoms with van der Waals surface area (Å²) in [6, 6.07) is 7.65. The number of benzene rings is 1. The first-order valence-electron chi connectivity index (χ1n) is 6.95. The van der Waals surface area contributed by atoms with Crippen LogP contribution in [0.3, 0.4) is 0 Å². The summed E-state index contributed by atoms with van der Waals surface area (Å²) in [7, 11) is 0. The predicted octanol–water partition coefficient (Wildman–Crippen LogP) is 2.73. The molecule has 2 aromatic heterocycles. The molecule has 1 aromatic carbocycles. The lowest BCUT2D eigenvalue weighted by molar-refractivity contribution is 0.0986. The van der Waals surface area contributed by atoms with Crippen molar-refractivity contribution in [1.29, 1.82) is 0 Å². The van der Waals surface area contributed by atoms with E-state index in [4.69, 9.17) is 0 Å². The average Bonchev–Trinajstić information content (AvgIpc) is 2.98. The number of carbonyl (C=O) groups excluding carboxylic acids is 1. The van der Waals surface area contributed by atoms with Crippen LogP contribution in [0, 0.1) is 6.92 Å². The summed E-state index contributed by atoms with van der Waals surface area (Å²) in [5.74, 6) is -0.328. The summed E-state index contributed by atoms with van der Waals surface area (Å²) in [5, 5.41) is 1.77. The maximum absolute atomic E-state index is 12.8. The smallest absolute Gasteiger partial charge is 0.271 e. The minimum absolute atomic E-state index is 0.0826. The second kappa shape index (κ2) is 5.73. The van der Waals surface area contributed by atoms with E-state index in [9.17, 15) is 9.59 Å². The third kappa shape index (κ3) is 2.42. The van der Waals surface area contributed by atoms with Crippen molar-refractivity contribution >= 4 is 27.9 Å². The van der Waals surface area contributed by atoms with Gasteiger partial charge in [-0.1, -0.05) is 12.1 Å². The van der Waals surface area contributed by atoms with Crippen molar-refractivity contribution in [2.24, 2.45) is 0 Å². The van der Waals surface area contributed by atoms with E-state index < -0.39 is 0 Å². The maximum Gasteiger partial charge on any atom is 0.271 e. The Morgan fingerprint density at radius 1 is 1.41 bits per heavy atom. The highest BCUT2D eigenvalue weighted by molar-refractivity contribution is 7.15. The number of aromatic nitrogens is 2. The van der Waals surface area contributed by atoms with Gasteiger partial charge in [0.1, 0.15) is 5.56 Å². The fourth-order valence-electron chi connectivity index (χ4n) is 2.36. The molecule has 3 rings (SSSR count). The summed E-state index contributed by atoms with van der Waals surface area (Å²) < 4.78 is 1.40. The first kappa shape index (κ1) is 14.5. The number of carbonyl (C=O) groups is 1. The first-order valence-corrected chi connectivity index (χ1v) is 7.83. The number of thiazole rings is 1. The van der Waals surface area contributed by atoms with Crippen LogP contribution in [0.5, 0.6) is 0 Å². The van der Waals surface area contributed by atoms with Gasteiger partial charge >= 0.3 is 0 Å². The van der Waals surface area contributed by atoms with Gasteiger partial charge in [0.2, 0.25) is 0 Å². The first-order chi connectivity index (χ1) is 10.6. The molecule has 0 radical (unpaired) electrons. The van der Waals surface area contributed by atoms with Crippen LogP contribution in [-0.2, 0) is 0 Å². The SMILES string of the molecule is CCN(C(=O)c1cnc2sccn2c1=O)c1cccc(C)c1. The van der Waals surface area contributed by atoms with Crippen LogP contribution in [-0.4, -0.2) is 21.8 Å². The van der Waals surface area contributed by atoms with Gasteiger partial charge in [0.05, 0.1) is 0 Å². The Balaban J connectivity index is 2.07. The van der Waals surface area contributed by atoms with E-state index in [0.717, 1.165) is 11.3 Å². The molecule has 2 heterocycles. The van der Waals surface area contributed by atoms with Crippen LogP contribution in [0.2, 0.25) is 0 Å². The monoisotopic (exact) mass is 313 g/mol. The van der Waals surface area contributed by atoms with Crippen LogP contribution < -0.4 is 10.5 Å². The fraction of sp³-hybridized carbons (Fsp3) is 0.188. The van der Waals surface area contributed by atoms with Crippen LogP contribution in [0.25, 0.3) is 4.96 Å². The van der Waals surface area contributed by atoms with E-state index in [1.165, 1.54) is 21.9 Å². The summed E-state index contributed by atoms with van der Waals surface area (Å²) in [6.07, 6.45) is 3.00. The zero-order valence-electron chi connectivity index (χ0n) is 12.3. The van der Waals surface area contributed by atoms with E-state index in [-0.39, 0.29) is 17.0 Å². The van der Waals surface area contributed by atoms with Gasteiger partial charge in [0, 0.05) is 30.0 Å². The molecule has 0 fully saturated rings. The van der Waals surface area contributed by atoms with E-state index in [2.05, 4.69) is 4.98 Å². The van der Waals surface area contributed by atoms with Gasteiger partial charge in [-0.2, -0.15) is 0 Å². The number of nitrogens with zero attached hydrogens (tertiary/aromatic N) is 3. The van der Waals surface area contributed by atoms with Crippen molar-refractivity contribution in [3.8, 4) is 0 Å². The van der Waals surface area contributed by atoms with E-state index in [1.807, 2.05) is 38.1 Å². The van der Waals surface area contributed by atoms with Gasteiger partial charge in [-0.3, -0.25) is 14.0 Å². The normalized spacial score (nSPS) is 10.8. The molecule has 0 spiro atoms. The van der Waals surface area contributed by atoms with Crippen LogP contribution in [0.1, 0.15) is 22.8 Å². The van der Waals surface area contributed by atoms with Crippen LogP contribution in [0.15, 0.2) is 46.8 Å². The Morgan fingerprint density at radius 3 is 2.95 bits per heavy atom. The second-order valence-corrected chi connectivity index (χ2v) is 5.79. The number of fused-ring (bicyclic) bond motifs is 1. The lowest BCUT2D eigenvalue weighted by Crippen LogP contribution is -2.35. The van der Waals surface area contributed by atoms with E-state index in [1.54, 1.807) is 16.5 Å². The molecule has 5 nitrogen and oxygen atoms in total. The van der Waals surface area contributed by atoms with Crippen molar-refractivity contribution in [1.82, 2.24) is 9.38 Å². The molecule has 3 aromatic rings. The summed E-state index contributed by atoms with van der Waals surface area (Å²) in [6.45, 7) is 4.33. The number of rotatable bonds is 3. The minimum Gasteiger partial charge on any atom is -0.308 e. The van der Waals surface area contributed by atoms with E-state index >= 15 is 0 Å². The van der Waals surface area contributed by atoms with Gasteiger partial charge in [-0.05, 0) is 31.5 Å². The van der Waals surface area contributed by atoms with Gasteiger partial charge < -0.3 is 4.90 Å². The van der Waals surface area contributed by atoms with Crippen molar-refractivity contribution in [3.63, 3.8) is 0 Å². The fourth-order valence-corrected chi connectivity index (χ4v) is 3.03. The molecule has 0 atom stereocenters. The van der Waals surface area contributed by atoms with Crippen molar-refractivity contribution < 1.29 is 4.79 Å². The zero-order valence-corrected chi connectivity index (χ0v) is 13.1. The molecule has 0 bridgehead atoms. The quantitative estimate of drug-likeness (QED) is 0.747. The largest absolute Gasteiger partial charge is 0.308 e. The summed E-state index contributed by atoms with van der Waals surface area (Å²) in [5.41, 5.74) is 1.59. The molecule has 1 amide bonds. The number of hydrogen-bond acceptors (Lipinski definition) is 4. The third-order valence-electron chi connectivity index (χ3n) is 3.45. The molecule has 0 aliphatic heterocycles. The molecule has 0 saturated carbocycles. The topological polar surface area (TPSA) is 54.7 Å². The Hall–Kier alpha value is -2.47. The molecular weight excluding hydrogens is 298 g/mol. The summed E-state index contributed by atoms with van der Waals surface area (Å²) in [4.78, 5) is 31.5. The Morgan fingerprint density at radius 2 is 2.23 bits per heavy atom. The van der Waals surface area contributed by atoms with E-state index in [0.29, 0.717) is 11.5 Å². The molecule has 112 valence electrons. The Kier molecular flexibility index (Phi) is 3.77. The highest BCUT2D eigenvalue weighted by Gasteiger charge is 2.20. The number of amides is 1. The molecular formula is C16H15N3O2S. The predicted molar refractivity (Wildman–Crippen MR) is 87.9 cm³/mol. The van der Waals surface area contributed by atoms with Gasteiger partial charge in [0.25, 0.3) is 11.5 Å². The summed E-state index contributed by atoms with van der Waals surface area (Å²) >= 11 is 1.36. The standard InChI is InChI=1S/C16H15N3O2S/c1-3-18(12-6-4-5-11(2)9-12)14(20)13-10-17-16-19(15(13)21)7-8-22-16/h4-10H,3H2,1-2H3. The van der Waals surface area contributed by atoms with Crippen LogP contribution in [0.4, 0.5) is 5.69 Å². The molecule has 0 aliphatic carbocycles. The zero-order chi connectivity index (χ0) is 15.7. The second-order valence-electron chi connectivity index (χ2n) is 4.92. The number of aryl methyl sites for hydroxylation is 1. The lowest BCUT2D eigenvalue weighted by Gasteiger charge is -2.21. The van der Waals surface area contributed by atoms with Gasteiger partial charge in [-0.25, -0.2) is 4.98 Å². The van der Waals surface area contributed by atoms with Crippen molar-refractivity contribution in [2.45, 2.75) is 13.8 Å². The Labute approximate surface area is 131 Å². The third-order valence-corrected chi connectivity index (χ3v) is 4.22. The molecule has 22 heavy (non-hydrogen) atoms. The number of hydrogen-bond donors (Lipinski definition) is 0. The van der Waals surface area contributed by atoms with Crippen LogP contribution >= 0.6 is 11.3 Å². The molecule has 6 heteroatoms. The molecule has 0 saturated heterocycles. The molecule has 0 aliphatic rings. The highest BCUT2D eigenvalue weighted by Crippen LogP contribution is 2.18. The van der Waals surface area contributed by atoms with Gasteiger partial charge in [-0.15, -0.1) is 11.3 Å². The van der Waals surface area contributed by atoms with Crippen molar-refractivity contribution in [3.05, 3.63) is 63.5 Å². The molecule has 0 unspecified atom stereocenters. The minimum atomic E-state index is -0.331. The lowest BCUT2D eigenvalue weighted by atomic mass is 10.2. The Bertz CT molecular complexity index is 898. The van der Waals surface area contributed by atoms with Gasteiger partial charge in [0.15, 0.2) is 4.96 Å². The average molecular weight is 313 g/mol. The maximum atomic E-state index is 12.8. The van der Waals surface area contributed by atoms with Crippen molar-refractivity contribution in [2.75, 3.05) is 11.4 Å². The molecule has 0 N–H and O–H groups in total. The number of anilines is 1. The highest BCUT2D eigenvalue weighted by atomic mass is 32.1.